The molecule has 1 N–H and O–H groups in total. The molecule has 0 amide bonds. The molecule has 1 aromatic rings. The number of aromatic amines is 1. The average molecular weight is 236 g/mol. The van der Waals surface area contributed by atoms with E-state index in [1.165, 1.54) is 12.8 Å². The summed E-state index contributed by atoms with van der Waals surface area (Å²) in [5.41, 5.74) is 0.762. The van der Waals surface area contributed by atoms with E-state index >= 15 is 0 Å². The van der Waals surface area contributed by atoms with Crippen molar-refractivity contribution >= 4 is 0 Å². The number of rotatable bonds is 5. The first-order chi connectivity index (χ1) is 8.11. The van der Waals surface area contributed by atoms with Crippen LogP contribution in [0, 0.1) is 5.92 Å². The summed E-state index contributed by atoms with van der Waals surface area (Å²) in [6.45, 7) is 6.70. The van der Waals surface area contributed by atoms with Crippen molar-refractivity contribution < 1.29 is 4.74 Å². The van der Waals surface area contributed by atoms with Crippen LogP contribution in [0.2, 0.25) is 0 Å². The fourth-order valence-electron chi connectivity index (χ4n) is 1.94. The SMILES string of the molecule is CCOC(c1nc(C(C)C)cc(=O)[nH]1)C1CC1. The van der Waals surface area contributed by atoms with Crippen molar-refractivity contribution in [3.05, 3.63) is 27.9 Å². The number of ether oxygens (including phenoxy) is 1. The summed E-state index contributed by atoms with van der Waals surface area (Å²) in [5, 5.41) is 0. The minimum absolute atomic E-state index is 0.0357. The molecule has 1 aromatic heterocycles. The number of H-pyrrole nitrogens is 1. The molecule has 0 bridgehead atoms. The van der Waals surface area contributed by atoms with Crippen molar-refractivity contribution in [2.75, 3.05) is 6.61 Å². The fraction of sp³-hybridized carbons (Fsp3) is 0.692. The minimum atomic E-state index is -0.0796. The van der Waals surface area contributed by atoms with Crippen LogP contribution in [0.5, 0.6) is 0 Å². The Morgan fingerprint density at radius 3 is 2.76 bits per heavy atom. The largest absolute Gasteiger partial charge is 0.370 e. The van der Waals surface area contributed by atoms with Gasteiger partial charge in [0.15, 0.2) is 0 Å². The van der Waals surface area contributed by atoms with E-state index in [0.717, 1.165) is 5.69 Å². The van der Waals surface area contributed by atoms with Crippen molar-refractivity contribution in [2.24, 2.45) is 5.92 Å². The molecule has 1 unspecified atom stereocenters. The van der Waals surface area contributed by atoms with Gasteiger partial charge in [-0.2, -0.15) is 0 Å². The summed E-state index contributed by atoms with van der Waals surface area (Å²) in [4.78, 5) is 19.0. The van der Waals surface area contributed by atoms with Gasteiger partial charge in [-0.05, 0) is 31.6 Å². The smallest absolute Gasteiger partial charge is 0.251 e. The third-order valence-corrected chi connectivity index (χ3v) is 3.04. The third-order valence-electron chi connectivity index (χ3n) is 3.04. The molecular formula is C13H20N2O2. The Morgan fingerprint density at radius 2 is 2.24 bits per heavy atom. The van der Waals surface area contributed by atoms with Gasteiger partial charge in [0.05, 0.1) is 5.69 Å². The van der Waals surface area contributed by atoms with Gasteiger partial charge in [-0.3, -0.25) is 4.79 Å². The van der Waals surface area contributed by atoms with Gasteiger partial charge in [-0.1, -0.05) is 13.8 Å². The first kappa shape index (κ1) is 12.3. The Labute approximate surface area is 101 Å². The molecule has 1 fully saturated rings. The van der Waals surface area contributed by atoms with E-state index in [9.17, 15) is 4.79 Å². The predicted octanol–water partition coefficient (Wildman–Crippen LogP) is 2.38. The number of hydrogen-bond donors (Lipinski definition) is 1. The quantitative estimate of drug-likeness (QED) is 0.854. The van der Waals surface area contributed by atoms with Gasteiger partial charge < -0.3 is 9.72 Å². The Morgan fingerprint density at radius 1 is 1.53 bits per heavy atom. The van der Waals surface area contributed by atoms with Gasteiger partial charge in [-0.25, -0.2) is 4.98 Å². The Bertz CT molecular complexity index is 435. The van der Waals surface area contributed by atoms with Crippen LogP contribution in [0.25, 0.3) is 0 Å². The summed E-state index contributed by atoms with van der Waals surface area (Å²) in [7, 11) is 0. The minimum Gasteiger partial charge on any atom is -0.370 e. The van der Waals surface area contributed by atoms with E-state index in [-0.39, 0.29) is 17.6 Å². The zero-order valence-corrected chi connectivity index (χ0v) is 10.7. The predicted molar refractivity (Wildman–Crippen MR) is 66.0 cm³/mol. The maximum Gasteiger partial charge on any atom is 0.251 e. The van der Waals surface area contributed by atoms with Crippen LogP contribution < -0.4 is 5.56 Å². The number of aromatic nitrogens is 2. The zero-order valence-electron chi connectivity index (χ0n) is 10.7. The van der Waals surface area contributed by atoms with Crippen molar-refractivity contribution in [3.8, 4) is 0 Å². The topological polar surface area (TPSA) is 55.0 Å². The van der Waals surface area contributed by atoms with E-state index in [0.29, 0.717) is 18.3 Å². The first-order valence-corrected chi connectivity index (χ1v) is 6.34. The second kappa shape index (κ2) is 5.00. The third kappa shape index (κ3) is 2.94. The summed E-state index contributed by atoms with van der Waals surface area (Å²) in [6.07, 6.45) is 2.30. The molecule has 1 aliphatic carbocycles. The monoisotopic (exact) mass is 236 g/mol. The summed E-state index contributed by atoms with van der Waals surface area (Å²) in [5.74, 6) is 1.49. The van der Waals surface area contributed by atoms with Crippen LogP contribution in [-0.4, -0.2) is 16.6 Å². The molecular weight excluding hydrogens is 216 g/mol. The lowest BCUT2D eigenvalue weighted by atomic mass is 10.1. The molecule has 1 atom stereocenters. The van der Waals surface area contributed by atoms with Crippen LogP contribution in [0.4, 0.5) is 0 Å². The molecule has 0 aromatic carbocycles. The number of hydrogen-bond acceptors (Lipinski definition) is 3. The highest BCUT2D eigenvalue weighted by atomic mass is 16.5. The van der Waals surface area contributed by atoms with E-state index in [4.69, 9.17) is 4.74 Å². The van der Waals surface area contributed by atoms with Gasteiger partial charge in [0.25, 0.3) is 5.56 Å². The molecule has 1 saturated carbocycles. The van der Waals surface area contributed by atoms with Gasteiger partial charge >= 0.3 is 0 Å². The lowest BCUT2D eigenvalue weighted by molar-refractivity contribution is 0.0396. The first-order valence-electron chi connectivity index (χ1n) is 6.34. The lowest BCUT2D eigenvalue weighted by Gasteiger charge is -2.16. The summed E-state index contributed by atoms with van der Waals surface area (Å²) >= 11 is 0. The molecule has 1 aliphatic rings. The van der Waals surface area contributed by atoms with Gasteiger partial charge in [-0.15, -0.1) is 0 Å². The molecule has 0 spiro atoms. The fourth-order valence-corrected chi connectivity index (χ4v) is 1.94. The molecule has 4 heteroatoms. The molecule has 94 valence electrons. The zero-order chi connectivity index (χ0) is 12.4. The van der Waals surface area contributed by atoms with Crippen LogP contribution >= 0.6 is 0 Å². The van der Waals surface area contributed by atoms with Crippen molar-refractivity contribution in [1.82, 2.24) is 9.97 Å². The highest BCUT2D eigenvalue weighted by Gasteiger charge is 2.34. The highest BCUT2D eigenvalue weighted by Crippen LogP contribution is 2.42. The Kier molecular flexibility index (Phi) is 3.62. The molecule has 0 radical (unpaired) electrons. The number of nitrogens with zero attached hydrogens (tertiary/aromatic N) is 1. The Balaban J connectivity index is 2.32. The molecule has 0 saturated heterocycles. The van der Waals surface area contributed by atoms with Gasteiger partial charge in [0.2, 0.25) is 0 Å². The number of nitrogens with one attached hydrogen (secondary N) is 1. The van der Waals surface area contributed by atoms with Crippen LogP contribution in [-0.2, 0) is 4.74 Å². The molecule has 1 heterocycles. The van der Waals surface area contributed by atoms with E-state index in [2.05, 4.69) is 9.97 Å². The molecule has 2 rings (SSSR count). The average Bonchev–Trinajstić information content (AvgIpc) is 3.08. The maximum atomic E-state index is 11.6. The van der Waals surface area contributed by atoms with Gasteiger partial charge in [0.1, 0.15) is 11.9 Å². The van der Waals surface area contributed by atoms with Crippen LogP contribution in [0.15, 0.2) is 10.9 Å². The standard InChI is InChI=1S/C13H20N2O2/c1-4-17-12(9-5-6-9)13-14-10(8(2)3)7-11(16)15-13/h7-9,12H,4-6H2,1-3H3,(H,14,15,16). The van der Waals surface area contributed by atoms with E-state index in [1.54, 1.807) is 6.07 Å². The maximum absolute atomic E-state index is 11.6. The Hall–Kier alpha value is -1.16. The van der Waals surface area contributed by atoms with E-state index < -0.39 is 0 Å². The second-order valence-electron chi connectivity index (χ2n) is 4.92. The molecule has 0 aliphatic heterocycles. The highest BCUT2D eigenvalue weighted by molar-refractivity contribution is 5.09. The van der Waals surface area contributed by atoms with Crippen LogP contribution in [0.3, 0.4) is 0 Å². The second-order valence-corrected chi connectivity index (χ2v) is 4.92. The summed E-state index contributed by atoms with van der Waals surface area (Å²) < 4.78 is 5.71. The van der Waals surface area contributed by atoms with Crippen molar-refractivity contribution in [1.29, 1.82) is 0 Å². The normalized spacial score (nSPS) is 17.4. The van der Waals surface area contributed by atoms with Crippen molar-refractivity contribution in [2.45, 2.75) is 45.6 Å². The van der Waals surface area contributed by atoms with Gasteiger partial charge in [0, 0.05) is 12.7 Å². The molecule has 17 heavy (non-hydrogen) atoms. The molecule has 4 nitrogen and oxygen atoms in total. The van der Waals surface area contributed by atoms with Crippen molar-refractivity contribution in [3.63, 3.8) is 0 Å². The lowest BCUT2D eigenvalue weighted by Crippen LogP contribution is -2.19. The van der Waals surface area contributed by atoms with Crippen LogP contribution in [0.1, 0.15) is 57.2 Å². The summed E-state index contributed by atoms with van der Waals surface area (Å²) in [6, 6.07) is 1.57. The van der Waals surface area contributed by atoms with E-state index in [1.807, 2.05) is 20.8 Å².